The summed E-state index contributed by atoms with van der Waals surface area (Å²) in [5.41, 5.74) is 8.03. The molecule has 2 N–H and O–H groups in total. The molecule has 12 heavy (non-hydrogen) atoms. The third kappa shape index (κ3) is 1.06. The van der Waals surface area contributed by atoms with Crippen molar-refractivity contribution >= 4 is 27.5 Å². The highest BCUT2D eigenvalue weighted by atomic mass is 32.1. The predicted molar refractivity (Wildman–Crippen MR) is 47.0 cm³/mol. The molecule has 59 valence electrons. The number of hydrogen-bond donors (Lipinski definition) is 1. The van der Waals surface area contributed by atoms with Crippen molar-refractivity contribution < 1.29 is 4.79 Å². The highest BCUT2D eigenvalue weighted by molar-refractivity contribution is 7.16. The van der Waals surface area contributed by atoms with Gasteiger partial charge in [0.1, 0.15) is 0 Å². The van der Waals surface area contributed by atoms with E-state index in [1.807, 2.05) is 0 Å². The van der Waals surface area contributed by atoms with Gasteiger partial charge >= 0.3 is 0 Å². The molecule has 0 atom stereocenters. The molecule has 1 amide bonds. The summed E-state index contributed by atoms with van der Waals surface area (Å²) in [6.07, 6.45) is 0. The van der Waals surface area contributed by atoms with Gasteiger partial charge in [0.15, 0.2) is 0 Å². The minimum atomic E-state index is -0.443. The van der Waals surface area contributed by atoms with E-state index in [1.165, 1.54) is 11.3 Å². The van der Waals surface area contributed by atoms with Crippen LogP contribution in [0.2, 0.25) is 0 Å². The number of amides is 1. The Kier molecular flexibility index (Phi) is 1.55. The molecule has 3 nitrogen and oxygen atoms in total. The first-order chi connectivity index (χ1) is 5.77. The van der Waals surface area contributed by atoms with Gasteiger partial charge in [-0.3, -0.25) is 4.79 Å². The average Bonchev–Trinajstić information content (AvgIpc) is 2.49. The van der Waals surface area contributed by atoms with E-state index in [1.54, 1.807) is 17.6 Å². The number of nitrogens with zero attached hydrogens (tertiary/aromatic N) is 1. The first-order valence-electron chi connectivity index (χ1n) is 3.32. The average molecular weight is 177 g/mol. The number of rotatable bonds is 1. The van der Waals surface area contributed by atoms with E-state index in [0.29, 0.717) is 5.56 Å². The lowest BCUT2D eigenvalue weighted by Gasteiger charge is -1.92. The highest BCUT2D eigenvalue weighted by Crippen LogP contribution is 2.17. The maximum Gasteiger partial charge on any atom is 0.248 e. The minimum absolute atomic E-state index is 0.443. The molecule has 0 bridgehead atoms. The van der Waals surface area contributed by atoms with Crippen LogP contribution in [0.4, 0.5) is 0 Å². The Balaban J connectivity index is 2.68. The van der Waals surface area contributed by atoms with Crippen LogP contribution < -0.4 is 5.73 Å². The van der Waals surface area contributed by atoms with Crippen molar-refractivity contribution in [2.75, 3.05) is 0 Å². The molecule has 4 heteroatoms. The van der Waals surface area contributed by atoms with Gasteiger partial charge in [0, 0.05) is 11.6 Å². The summed E-state index contributed by atoms with van der Waals surface area (Å²) in [7, 11) is 0. The van der Waals surface area contributed by atoms with Crippen molar-refractivity contribution in [3.8, 4) is 0 Å². The zero-order valence-electron chi connectivity index (χ0n) is 6.07. The third-order valence-corrected chi connectivity index (χ3v) is 2.30. The second-order valence-corrected chi connectivity index (χ2v) is 3.17. The molecule has 1 heterocycles. The summed E-state index contributed by atoms with van der Waals surface area (Å²) in [6.45, 7) is 0. The second kappa shape index (κ2) is 2.57. The Morgan fingerprint density at radius 1 is 1.67 bits per heavy atom. The van der Waals surface area contributed by atoms with Crippen molar-refractivity contribution in [2.45, 2.75) is 0 Å². The van der Waals surface area contributed by atoms with E-state index in [0.717, 1.165) is 10.2 Å². The molecule has 2 rings (SSSR count). The molecule has 0 unspecified atom stereocenters. The molecule has 0 aliphatic heterocycles. The molecular weight excluding hydrogens is 172 g/mol. The Bertz CT molecular complexity index is 435. The lowest BCUT2D eigenvalue weighted by atomic mass is 10.2. The summed E-state index contributed by atoms with van der Waals surface area (Å²) in [5, 5.41) is 0. The number of hydrogen-bond acceptors (Lipinski definition) is 3. The van der Waals surface area contributed by atoms with Crippen molar-refractivity contribution in [1.29, 1.82) is 0 Å². The van der Waals surface area contributed by atoms with Gasteiger partial charge in [0.05, 0.1) is 15.7 Å². The fourth-order valence-electron chi connectivity index (χ4n) is 0.940. The van der Waals surface area contributed by atoms with E-state index >= 15 is 0 Å². The Morgan fingerprint density at radius 3 is 3.25 bits per heavy atom. The van der Waals surface area contributed by atoms with E-state index < -0.39 is 5.91 Å². The molecule has 0 spiro atoms. The Morgan fingerprint density at radius 2 is 2.50 bits per heavy atom. The van der Waals surface area contributed by atoms with Crippen LogP contribution in [0.5, 0.6) is 0 Å². The number of primary amides is 1. The van der Waals surface area contributed by atoms with E-state index in [2.05, 4.69) is 11.1 Å². The number of fused-ring (bicyclic) bond motifs is 1. The fourth-order valence-corrected chi connectivity index (χ4v) is 1.57. The molecule has 1 aromatic carbocycles. The maximum atomic E-state index is 10.7. The third-order valence-electron chi connectivity index (χ3n) is 1.53. The van der Waals surface area contributed by atoms with Crippen LogP contribution in [0.1, 0.15) is 10.4 Å². The second-order valence-electron chi connectivity index (χ2n) is 2.32. The van der Waals surface area contributed by atoms with Crippen LogP contribution in [0.15, 0.2) is 17.6 Å². The van der Waals surface area contributed by atoms with E-state index in [4.69, 9.17) is 5.73 Å². The summed E-state index contributed by atoms with van der Waals surface area (Å²) in [4.78, 5) is 14.8. The van der Waals surface area contributed by atoms with E-state index in [9.17, 15) is 4.79 Å². The van der Waals surface area contributed by atoms with Gasteiger partial charge in [-0.25, -0.2) is 4.98 Å². The number of carbonyl (C=O) groups is 1. The van der Waals surface area contributed by atoms with Crippen LogP contribution in [-0.2, 0) is 0 Å². The maximum absolute atomic E-state index is 10.7. The van der Waals surface area contributed by atoms with Gasteiger partial charge in [-0.05, 0) is 12.1 Å². The molecule has 0 fully saturated rings. The van der Waals surface area contributed by atoms with Crippen molar-refractivity contribution in [3.63, 3.8) is 0 Å². The molecule has 1 aromatic heterocycles. The summed E-state index contributed by atoms with van der Waals surface area (Å²) >= 11 is 1.49. The van der Waals surface area contributed by atoms with E-state index in [-0.39, 0.29) is 0 Å². The van der Waals surface area contributed by atoms with Crippen molar-refractivity contribution in [2.24, 2.45) is 5.73 Å². The monoisotopic (exact) mass is 177 g/mol. The van der Waals surface area contributed by atoms with Gasteiger partial charge in [0.25, 0.3) is 0 Å². The first kappa shape index (κ1) is 7.24. The lowest BCUT2D eigenvalue weighted by Crippen LogP contribution is -2.10. The van der Waals surface area contributed by atoms with Crippen LogP contribution in [-0.4, -0.2) is 10.9 Å². The largest absolute Gasteiger partial charge is 0.366 e. The highest BCUT2D eigenvalue weighted by Gasteiger charge is 2.02. The van der Waals surface area contributed by atoms with Gasteiger partial charge < -0.3 is 5.73 Å². The molecular formula is C8H5N2OS. The van der Waals surface area contributed by atoms with Crippen LogP contribution in [0.3, 0.4) is 0 Å². The summed E-state index contributed by atoms with van der Waals surface area (Å²) < 4.78 is 0.944. The van der Waals surface area contributed by atoms with Crippen molar-refractivity contribution in [1.82, 2.24) is 4.98 Å². The molecule has 0 aliphatic carbocycles. The van der Waals surface area contributed by atoms with Crippen LogP contribution in [0, 0.1) is 6.07 Å². The van der Waals surface area contributed by atoms with Gasteiger partial charge in [-0.15, -0.1) is 11.3 Å². The normalized spacial score (nSPS) is 10.3. The van der Waals surface area contributed by atoms with Gasteiger partial charge in [-0.1, -0.05) is 0 Å². The van der Waals surface area contributed by atoms with Gasteiger partial charge in [-0.2, -0.15) is 0 Å². The minimum Gasteiger partial charge on any atom is -0.366 e. The summed E-state index contributed by atoms with van der Waals surface area (Å²) in [6, 6.07) is 6.19. The van der Waals surface area contributed by atoms with Gasteiger partial charge in [0.2, 0.25) is 5.91 Å². The smallest absolute Gasteiger partial charge is 0.248 e. The summed E-state index contributed by atoms with van der Waals surface area (Å²) in [5.74, 6) is -0.443. The molecule has 0 saturated heterocycles. The topological polar surface area (TPSA) is 56.0 Å². The van der Waals surface area contributed by atoms with Crippen molar-refractivity contribution in [3.05, 3.63) is 29.3 Å². The number of thiazole rings is 1. The number of carbonyl (C=O) groups excluding carboxylic acids is 1. The molecule has 2 aromatic rings. The zero-order valence-corrected chi connectivity index (χ0v) is 6.89. The molecule has 0 saturated carbocycles. The molecule has 0 aliphatic rings. The Labute approximate surface area is 72.8 Å². The number of aromatic nitrogens is 1. The molecule has 1 radical (unpaired) electrons. The van der Waals surface area contributed by atoms with Crippen LogP contribution in [0.25, 0.3) is 10.2 Å². The number of nitrogens with two attached hydrogens (primary N) is 1. The SMILES string of the molecule is NC(=O)c1c[c]c2scnc2c1. The number of benzene rings is 1. The standard InChI is InChI=1S/C8H5N2OS/c9-8(11)5-1-2-7-6(3-5)10-4-12-7/h1,3-4H,(H2,9,11). The Hall–Kier alpha value is -1.42. The quantitative estimate of drug-likeness (QED) is 0.711. The zero-order chi connectivity index (χ0) is 8.55. The fraction of sp³-hybridized carbons (Fsp3) is 0. The lowest BCUT2D eigenvalue weighted by molar-refractivity contribution is 0.100. The predicted octanol–water partition coefficient (Wildman–Crippen LogP) is 1.20. The van der Waals surface area contributed by atoms with Crippen LogP contribution >= 0.6 is 11.3 Å². The first-order valence-corrected chi connectivity index (χ1v) is 4.20.